The Morgan fingerprint density at radius 1 is 0.818 bits per heavy atom. The number of carbonyl (C=O) groups excluding carboxylic acids is 1. The minimum atomic E-state index is 0.292. The molecule has 5 heteroatoms. The zero-order valence-corrected chi connectivity index (χ0v) is 19.7. The number of amides is 1. The van der Waals surface area contributed by atoms with Crippen LogP contribution in [0.2, 0.25) is 0 Å². The molecule has 1 aliphatic rings. The highest BCUT2D eigenvalue weighted by atomic mass is 16.2. The third kappa shape index (κ3) is 5.27. The van der Waals surface area contributed by atoms with Crippen molar-refractivity contribution in [2.75, 3.05) is 46.3 Å². The lowest BCUT2D eigenvalue weighted by Crippen LogP contribution is -2.41. The first-order valence-corrected chi connectivity index (χ1v) is 12.2. The standard InChI is InChI=1S/C27H31N3O.CH5N/c31-25(30-18-3-14-28-15-16-29-17-19-30)7-2-4-20-8-9-23-11-10-21-5-1-6-22-12-13-24(20)27(23)26(21)22;1-2/h1,5-6,8-13,28-29H,2-4,7,14-19H2;2H2,1H3. The van der Waals surface area contributed by atoms with E-state index in [9.17, 15) is 4.79 Å². The van der Waals surface area contributed by atoms with Crippen molar-refractivity contribution in [3.8, 4) is 0 Å². The van der Waals surface area contributed by atoms with Crippen LogP contribution in [0, 0.1) is 0 Å². The van der Waals surface area contributed by atoms with Crippen molar-refractivity contribution >= 4 is 38.2 Å². The van der Waals surface area contributed by atoms with E-state index in [2.05, 4.69) is 71.0 Å². The minimum Gasteiger partial charge on any atom is -0.341 e. The van der Waals surface area contributed by atoms with E-state index >= 15 is 0 Å². The monoisotopic (exact) mass is 444 g/mol. The van der Waals surface area contributed by atoms with E-state index in [-0.39, 0.29) is 0 Å². The van der Waals surface area contributed by atoms with Crippen LogP contribution >= 0.6 is 0 Å². The van der Waals surface area contributed by atoms with Crippen LogP contribution in [0.15, 0.2) is 54.6 Å². The maximum absolute atomic E-state index is 12.9. The van der Waals surface area contributed by atoms with Crippen molar-refractivity contribution in [2.24, 2.45) is 5.73 Å². The largest absolute Gasteiger partial charge is 0.341 e. The number of nitrogens with one attached hydrogen (secondary N) is 2. The molecule has 0 aliphatic carbocycles. The number of rotatable bonds is 4. The Kier molecular flexibility index (Phi) is 8.10. The molecule has 33 heavy (non-hydrogen) atoms. The minimum absolute atomic E-state index is 0.292. The maximum atomic E-state index is 12.9. The van der Waals surface area contributed by atoms with Gasteiger partial charge in [0.05, 0.1) is 0 Å². The van der Waals surface area contributed by atoms with Gasteiger partial charge in [0, 0.05) is 39.1 Å². The Bertz CT molecular complexity index is 1160. The van der Waals surface area contributed by atoms with Crippen LogP contribution in [0.1, 0.15) is 24.8 Å². The van der Waals surface area contributed by atoms with Crippen LogP contribution in [-0.4, -0.2) is 57.1 Å². The Hall–Kier alpha value is -2.73. The van der Waals surface area contributed by atoms with Gasteiger partial charge in [0.15, 0.2) is 0 Å². The van der Waals surface area contributed by atoms with Gasteiger partial charge in [0.2, 0.25) is 5.91 Å². The zero-order chi connectivity index (χ0) is 23.0. The molecule has 0 saturated carbocycles. The molecule has 0 radical (unpaired) electrons. The maximum Gasteiger partial charge on any atom is 0.222 e. The molecule has 0 spiro atoms. The summed E-state index contributed by atoms with van der Waals surface area (Å²) in [7, 11) is 1.50. The summed E-state index contributed by atoms with van der Waals surface area (Å²) in [6.45, 7) is 5.50. The second-order valence-corrected chi connectivity index (χ2v) is 8.67. The van der Waals surface area contributed by atoms with E-state index in [0.29, 0.717) is 12.3 Å². The van der Waals surface area contributed by atoms with Gasteiger partial charge in [0.25, 0.3) is 0 Å². The number of carbonyl (C=O) groups is 1. The van der Waals surface area contributed by atoms with Crippen molar-refractivity contribution in [1.29, 1.82) is 0 Å². The van der Waals surface area contributed by atoms with Crippen LogP contribution in [0.4, 0.5) is 0 Å². The molecule has 0 aromatic heterocycles. The van der Waals surface area contributed by atoms with Gasteiger partial charge in [-0.2, -0.15) is 0 Å². The lowest BCUT2D eigenvalue weighted by Gasteiger charge is -2.24. The van der Waals surface area contributed by atoms with E-state index < -0.39 is 0 Å². The number of benzene rings is 4. The lowest BCUT2D eigenvalue weighted by molar-refractivity contribution is -0.131. The van der Waals surface area contributed by atoms with Gasteiger partial charge in [-0.1, -0.05) is 54.6 Å². The molecule has 5 rings (SSSR count). The molecule has 0 unspecified atom stereocenters. The summed E-state index contributed by atoms with van der Waals surface area (Å²) in [5, 5.41) is 14.8. The summed E-state index contributed by atoms with van der Waals surface area (Å²) in [5.74, 6) is 0.292. The lowest BCUT2D eigenvalue weighted by atomic mass is 9.90. The second-order valence-electron chi connectivity index (χ2n) is 8.67. The van der Waals surface area contributed by atoms with Crippen molar-refractivity contribution in [3.63, 3.8) is 0 Å². The van der Waals surface area contributed by atoms with Crippen molar-refractivity contribution in [2.45, 2.75) is 25.7 Å². The molecule has 1 amide bonds. The third-order valence-corrected chi connectivity index (χ3v) is 6.63. The molecule has 174 valence electrons. The fourth-order valence-electron chi connectivity index (χ4n) is 5.00. The third-order valence-electron chi connectivity index (χ3n) is 6.63. The van der Waals surface area contributed by atoms with Crippen LogP contribution in [0.5, 0.6) is 0 Å². The second kappa shape index (κ2) is 11.4. The molecule has 0 bridgehead atoms. The molecule has 5 nitrogen and oxygen atoms in total. The molecular formula is C28H36N4O. The van der Waals surface area contributed by atoms with Gasteiger partial charge in [0.1, 0.15) is 0 Å². The van der Waals surface area contributed by atoms with Crippen molar-refractivity contribution in [1.82, 2.24) is 15.5 Å². The molecule has 1 aliphatic heterocycles. The van der Waals surface area contributed by atoms with E-state index in [4.69, 9.17) is 0 Å². The smallest absolute Gasteiger partial charge is 0.222 e. The topological polar surface area (TPSA) is 70.4 Å². The molecule has 4 aromatic rings. The van der Waals surface area contributed by atoms with E-state index in [1.807, 2.05) is 4.90 Å². The number of nitrogens with zero attached hydrogens (tertiary/aromatic N) is 1. The van der Waals surface area contributed by atoms with Gasteiger partial charge >= 0.3 is 0 Å². The number of hydrogen-bond donors (Lipinski definition) is 3. The number of aryl methyl sites for hydroxylation is 1. The number of nitrogens with two attached hydrogens (primary N) is 1. The van der Waals surface area contributed by atoms with Gasteiger partial charge in [-0.25, -0.2) is 0 Å². The van der Waals surface area contributed by atoms with Gasteiger partial charge in [-0.3, -0.25) is 4.79 Å². The summed E-state index contributed by atoms with van der Waals surface area (Å²) in [6, 6.07) is 20.0. The van der Waals surface area contributed by atoms with Crippen LogP contribution in [-0.2, 0) is 11.2 Å². The fraction of sp³-hybridized carbons (Fsp3) is 0.393. The summed E-state index contributed by atoms with van der Waals surface area (Å²) in [5.41, 5.74) is 5.85. The summed E-state index contributed by atoms with van der Waals surface area (Å²) in [6.07, 6.45) is 3.48. The quantitative estimate of drug-likeness (QED) is 0.418. The summed E-state index contributed by atoms with van der Waals surface area (Å²) in [4.78, 5) is 14.9. The first kappa shape index (κ1) is 23.4. The average molecular weight is 445 g/mol. The molecule has 1 fully saturated rings. The Morgan fingerprint density at radius 2 is 1.48 bits per heavy atom. The predicted molar refractivity (Wildman–Crippen MR) is 140 cm³/mol. The summed E-state index contributed by atoms with van der Waals surface area (Å²) < 4.78 is 0. The van der Waals surface area contributed by atoms with Crippen molar-refractivity contribution in [3.05, 3.63) is 60.2 Å². The molecule has 0 atom stereocenters. The number of hydrogen-bond acceptors (Lipinski definition) is 4. The Morgan fingerprint density at radius 3 is 2.27 bits per heavy atom. The first-order valence-electron chi connectivity index (χ1n) is 12.2. The van der Waals surface area contributed by atoms with E-state index in [1.165, 1.54) is 44.9 Å². The highest BCUT2D eigenvalue weighted by Crippen LogP contribution is 2.36. The molecule has 4 N–H and O–H groups in total. The van der Waals surface area contributed by atoms with Crippen molar-refractivity contribution < 1.29 is 4.79 Å². The fourth-order valence-corrected chi connectivity index (χ4v) is 5.00. The first-order chi connectivity index (χ1) is 16.3. The molecule has 1 heterocycles. The SMILES string of the molecule is CN.O=C(CCCc1ccc2ccc3cccc4ccc1c2c34)N1CCCNCCNCC1. The average Bonchev–Trinajstić information content (AvgIpc) is 2.87. The Balaban J connectivity index is 0.00000126. The van der Waals surface area contributed by atoms with E-state index in [0.717, 1.165) is 58.5 Å². The van der Waals surface area contributed by atoms with Gasteiger partial charge < -0.3 is 21.3 Å². The van der Waals surface area contributed by atoms with E-state index in [1.54, 1.807) is 0 Å². The van der Waals surface area contributed by atoms with Gasteiger partial charge in [-0.15, -0.1) is 0 Å². The molecule has 1 saturated heterocycles. The normalized spacial score (nSPS) is 15.5. The predicted octanol–water partition coefficient (Wildman–Crippen LogP) is 3.89. The Labute approximate surface area is 196 Å². The highest BCUT2D eigenvalue weighted by Gasteiger charge is 2.15. The van der Waals surface area contributed by atoms with Crippen LogP contribution in [0.25, 0.3) is 32.3 Å². The highest BCUT2D eigenvalue weighted by molar-refractivity contribution is 6.23. The molecular weight excluding hydrogens is 408 g/mol. The summed E-state index contributed by atoms with van der Waals surface area (Å²) >= 11 is 0. The van der Waals surface area contributed by atoms with Crippen LogP contribution in [0.3, 0.4) is 0 Å². The van der Waals surface area contributed by atoms with Gasteiger partial charge in [-0.05, 0) is 70.7 Å². The zero-order valence-electron chi connectivity index (χ0n) is 19.7. The molecule has 4 aromatic carbocycles. The van der Waals surface area contributed by atoms with Crippen LogP contribution < -0.4 is 16.4 Å².